The first-order chi connectivity index (χ1) is 12.7. The molecule has 3 aromatic rings. The average molecular weight is 375 g/mol. The van der Waals surface area contributed by atoms with Gasteiger partial charge < -0.3 is 9.26 Å². The summed E-state index contributed by atoms with van der Waals surface area (Å²) in [6.45, 7) is 2.10. The highest BCUT2D eigenvalue weighted by Gasteiger charge is 2.29. The number of thiazole rings is 1. The Morgan fingerprint density at radius 3 is 3.19 bits per heavy atom. The summed E-state index contributed by atoms with van der Waals surface area (Å²) in [5.41, 5.74) is 0.739. The van der Waals surface area contributed by atoms with Crippen LogP contribution >= 0.6 is 11.3 Å². The Balaban J connectivity index is 1.55. The number of nitrogens with zero attached hydrogens (tertiary/aromatic N) is 5. The molecule has 9 heteroatoms. The van der Waals surface area contributed by atoms with Crippen molar-refractivity contribution in [2.75, 3.05) is 20.3 Å². The van der Waals surface area contributed by atoms with Crippen molar-refractivity contribution in [3.05, 3.63) is 45.4 Å². The molecule has 0 spiro atoms. The van der Waals surface area contributed by atoms with Gasteiger partial charge in [0, 0.05) is 37.7 Å². The molecule has 8 nitrogen and oxygen atoms in total. The molecule has 0 aromatic carbocycles. The summed E-state index contributed by atoms with van der Waals surface area (Å²) in [6, 6.07) is 1.68. The van der Waals surface area contributed by atoms with Gasteiger partial charge in [-0.25, -0.2) is 4.98 Å². The van der Waals surface area contributed by atoms with Crippen LogP contribution in [-0.4, -0.2) is 44.7 Å². The van der Waals surface area contributed by atoms with Crippen molar-refractivity contribution in [1.29, 1.82) is 0 Å². The molecular weight excluding hydrogens is 354 g/mol. The molecule has 0 unspecified atom stereocenters. The summed E-state index contributed by atoms with van der Waals surface area (Å²) in [6.07, 6.45) is 5.59. The first-order valence-electron chi connectivity index (χ1n) is 8.76. The Labute approximate surface area is 154 Å². The number of aromatic nitrogens is 4. The predicted octanol–water partition coefficient (Wildman–Crippen LogP) is 2.06. The van der Waals surface area contributed by atoms with Crippen LogP contribution in [0.1, 0.15) is 42.7 Å². The molecule has 0 N–H and O–H groups in total. The van der Waals surface area contributed by atoms with Crippen LogP contribution < -0.4 is 5.56 Å². The first kappa shape index (κ1) is 17.3. The second-order valence-electron chi connectivity index (χ2n) is 6.41. The van der Waals surface area contributed by atoms with Gasteiger partial charge in [0.15, 0.2) is 10.8 Å². The Morgan fingerprint density at radius 1 is 1.38 bits per heavy atom. The highest BCUT2D eigenvalue weighted by atomic mass is 32.1. The monoisotopic (exact) mass is 375 g/mol. The third-order valence-corrected chi connectivity index (χ3v) is 5.39. The van der Waals surface area contributed by atoms with Crippen molar-refractivity contribution in [2.24, 2.45) is 0 Å². The molecule has 26 heavy (non-hydrogen) atoms. The maximum absolute atomic E-state index is 12.2. The Hall–Kier alpha value is -2.10. The molecule has 3 aromatic heterocycles. The van der Waals surface area contributed by atoms with E-state index in [0.717, 1.165) is 36.5 Å². The van der Waals surface area contributed by atoms with Crippen LogP contribution in [0.5, 0.6) is 0 Å². The smallest absolute Gasteiger partial charge is 0.258 e. The minimum absolute atomic E-state index is 0.0422. The number of hydrogen-bond donors (Lipinski definition) is 0. The number of fused-ring (bicyclic) bond motifs is 1. The van der Waals surface area contributed by atoms with Gasteiger partial charge in [-0.05, 0) is 19.4 Å². The van der Waals surface area contributed by atoms with E-state index in [0.29, 0.717) is 31.3 Å². The van der Waals surface area contributed by atoms with Gasteiger partial charge in [0.05, 0.1) is 18.3 Å². The summed E-state index contributed by atoms with van der Waals surface area (Å²) < 4.78 is 12.1. The summed E-state index contributed by atoms with van der Waals surface area (Å²) in [5, 5.41) is 5.93. The molecule has 0 bridgehead atoms. The average Bonchev–Trinajstić information content (AvgIpc) is 3.30. The summed E-state index contributed by atoms with van der Waals surface area (Å²) >= 11 is 1.47. The van der Waals surface area contributed by atoms with E-state index in [1.54, 1.807) is 23.8 Å². The summed E-state index contributed by atoms with van der Waals surface area (Å²) in [4.78, 5) is 24.4. The molecule has 1 saturated heterocycles. The van der Waals surface area contributed by atoms with Crippen LogP contribution in [0.4, 0.5) is 0 Å². The quantitative estimate of drug-likeness (QED) is 0.652. The largest absolute Gasteiger partial charge is 0.384 e. The molecule has 0 amide bonds. The Kier molecular flexibility index (Phi) is 5.09. The van der Waals surface area contributed by atoms with Crippen molar-refractivity contribution < 1.29 is 9.26 Å². The minimum Gasteiger partial charge on any atom is -0.384 e. The number of hydrogen-bond acceptors (Lipinski definition) is 8. The van der Waals surface area contributed by atoms with Gasteiger partial charge in [-0.1, -0.05) is 11.6 Å². The van der Waals surface area contributed by atoms with Gasteiger partial charge in [-0.3, -0.25) is 14.1 Å². The third-order valence-electron chi connectivity index (χ3n) is 4.63. The van der Waals surface area contributed by atoms with E-state index in [1.807, 2.05) is 5.38 Å². The Morgan fingerprint density at radius 2 is 2.31 bits per heavy atom. The lowest BCUT2D eigenvalue weighted by molar-refractivity contribution is 0.110. The normalized spacial score (nSPS) is 18.6. The molecule has 1 aliphatic heterocycles. The second kappa shape index (κ2) is 7.65. The van der Waals surface area contributed by atoms with Crippen LogP contribution in [0.15, 0.2) is 27.0 Å². The van der Waals surface area contributed by atoms with Crippen molar-refractivity contribution in [1.82, 2.24) is 24.4 Å². The highest BCUT2D eigenvalue weighted by Crippen LogP contribution is 2.31. The minimum atomic E-state index is -0.0422. The van der Waals surface area contributed by atoms with Gasteiger partial charge in [-0.15, -0.1) is 11.3 Å². The van der Waals surface area contributed by atoms with Crippen molar-refractivity contribution in [3.8, 4) is 0 Å². The lowest BCUT2D eigenvalue weighted by Crippen LogP contribution is -2.34. The molecule has 1 aliphatic rings. The SMILES string of the molecule is COCCc1noc([C@@H]2CCCCN2Cc2cc(=O)n3ccsc3n2)n1. The van der Waals surface area contributed by atoms with Crippen molar-refractivity contribution in [2.45, 2.75) is 38.3 Å². The standard InChI is InChI=1S/C17H21N5O3S/c1-24-8-5-14-19-16(25-20-14)13-4-2-3-6-21(13)11-12-10-15(23)22-7-9-26-17(22)18-12/h7,9-10,13H,2-6,8,11H2,1H3/t13-/m0/s1. The van der Waals surface area contributed by atoms with Crippen LogP contribution in [0.2, 0.25) is 0 Å². The maximum Gasteiger partial charge on any atom is 0.258 e. The lowest BCUT2D eigenvalue weighted by atomic mass is 10.0. The molecule has 0 saturated carbocycles. The molecule has 1 fully saturated rings. The zero-order valence-electron chi connectivity index (χ0n) is 14.6. The fourth-order valence-electron chi connectivity index (χ4n) is 3.33. The van der Waals surface area contributed by atoms with Gasteiger partial charge in [0.2, 0.25) is 5.89 Å². The first-order valence-corrected chi connectivity index (χ1v) is 9.64. The van der Waals surface area contributed by atoms with Gasteiger partial charge >= 0.3 is 0 Å². The topological polar surface area (TPSA) is 85.8 Å². The predicted molar refractivity (Wildman–Crippen MR) is 96.2 cm³/mol. The van der Waals surface area contributed by atoms with Gasteiger partial charge in [0.1, 0.15) is 0 Å². The fraction of sp³-hybridized carbons (Fsp3) is 0.529. The van der Waals surface area contributed by atoms with Crippen molar-refractivity contribution in [3.63, 3.8) is 0 Å². The van der Waals surface area contributed by atoms with E-state index >= 15 is 0 Å². The molecule has 0 radical (unpaired) electrons. The molecule has 4 rings (SSSR count). The molecule has 0 aliphatic carbocycles. The lowest BCUT2D eigenvalue weighted by Gasteiger charge is -2.32. The molecule has 4 heterocycles. The number of piperidine rings is 1. The van der Waals surface area contributed by atoms with Crippen LogP contribution in [0, 0.1) is 0 Å². The fourth-order valence-corrected chi connectivity index (χ4v) is 4.07. The Bertz CT molecular complexity index is 934. The third kappa shape index (κ3) is 3.55. The van der Waals surface area contributed by atoms with Crippen molar-refractivity contribution >= 4 is 16.3 Å². The van der Waals surface area contributed by atoms with E-state index < -0.39 is 0 Å². The second-order valence-corrected chi connectivity index (χ2v) is 7.29. The van der Waals surface area contributed by atoms with E-state index in [2.05, 4.69) is 20.0 Å². The summed E-state index contributed by atoms with van der Waals surface area (Å²) in [5.74, 6) is 1.31. The number of methoxy groups -OCH3 is 1. The summed E-state index contributed by atoms with van der Waals surface area (Å²) in [7, 11) is 1.66. The highest BCUT2D eigenvalue weighted by molar-refractivity contribution is 7.15. The number of ether oxygens (including phenoxy) is 1. The van der Waals surface area contributed by atoms with Gasteiger partial charge in [0.25, 0.3) is 5.56 Å². The van der Waals surface area contributed by atoms with E-state index in [-0.39, 0.29) is 11.6 Å². The molecule has 138 valence electrons. The van der Waals surface area contributed by atoms with Crippen LogP contribution in [0.3, 0.4) is 0 Å². The molecular formula is C17H21N5O3S. The number of likely N-dealkylation sites (tertiary alicyclic amines) is 1. The van der Waals surface area contributed by atoms with Crippen LogP contribution in [0.25, 0.3) is 4.96 Å². The maximum atomic E-state index is 12.2. The van der Waals surface area contributed by atoms with E-state index in [9.17, 15) is 4.79 Å². The zero-order chi connectivity index (χ0) is 17.9. The van der Waals surface area contributed by atoms with E-state index in [4.69, 9.17) is 9.26 Å². The molecule has 1 atom stereocenters. The van der Waals surface area contributed by atoms with Crippen LogP contribution in [-0.2, 0) is 17.7 Å². The zero-order valence-corrected chi connectivity index (χ0v) is 15.4. The number of rotatable bonds is 6. The van der Waals surface area contributed by atoms with Gasteiger partial charge in [-0.2, -0.15) is 4.98 Å². The van der Waals surface area contributed by atoms with E-state index in [1.165, 1.54) is 11.3 Å².